The van der Waals surface area contributed by atoms with E-state index in [1.165, 1.54) is 18.2 Å². The van der Waals surface area contributed by atoms with E-state index in [9.17, 15) is 22.9 Å². The molecule has 1 aromatic carbocycles. The third-order valence-corrected chi connectivity index (χ3v) is 7.98. The average Bonchev–Trinajstić information content (AvgIpc) is 2.87. The number of benzene rings is 1. The minimum absolute atomic E-state index is 0.000298. The highest BCUT2D eigenvalue weighted by molar-refractivity contribution is 7.92. The summed E-state index contributed by atoms with van der Waals surface area (Å²) in [6.45, 7) is 10.1. The van der Waals surface area contributed by atoms with E-state index in [4.69, 9.17) is 4.52 Å². The molecule has 2 aliphatic rings. The SMILES string of the molecule is CCOP1(=O)N=C(C2=C(O)C(C)N(CCC(C)(C)C)C2=O)Nc2ccc(NS(C)(=O)=O)cc21. The van der Waals surface area contributed by atoms with Gasteiger partial charge >= 0.3 is 7.52 Å². The number of sulfonamides is 1. The second-order valence-electron chi connectivity index (χ2n) is 9.36. The van der Waals surface area contributed by atoms with Crippen LogP contribution in [0.1, 0.15) is 41.0 Å². The van der Waals surface area contributed by atoms with Crippen LogP contribution in [0.15, 0.2) is 34.3 Å². The molecule has 1 amide bonds. The molecule has 10 nitrogen and oxygen atoms in total. The van der Waals surface area contributed by atoms with Gasteiger partial charge in [-0.2, -0.15) is 4.76 Å². The van der Waals surface area contributed by atoms with Crippen LogP contribution in [0, 0.1) is 5.41 Å². The van der Waals surface area contributed by atoms with Gasteiger partial charge in [0.1, 0.15) is 11.3 Å². The van der Waals surface area contributed by atoms with Gasteiger partial charge < -0.3 is 19.8 Å². The minimum Gasteiger partial charge on any atom is -0.509 e. The molecule has 0 spiro atoms. The first-order valence-corrected chi connectivity index (χ1v) is 14.1. The molecule has 2 atom stereocenters. The predicted molar refractivity (Wildman–Crippen MR) is 130 cm³/mol. The van der Waals surface area contributed by atoms with Gasteiger partial charge in [0, 0.05) is 12.2 Å². The summed E-state index contributed by atoms with van der Waals surface area (Å²) in [5.41, 5.74) is 0.517. The predicted octanol–water partition coefficient (Wildman–Crippen LogP) is 3.22. The lowest BCUT2D eigenvalue weighted by Crippen LogP contribution is -2.37. The first-order valence-electron chi connectivity index (χ1n) is 10.6. The smallest absolute Gasteiger partial charge is 0.348 e. The van der Waals surface area contributed by atoms with Crippen LogP contribution in [0.25, 0.3) is 0 Å². The molecule has 2 aliphatic heterocycles. The number of amidine groups is 1. The van der Waals surface area contributed by atoms with E-state index in [-0.39, 0.29) is 40.2 Å². The minimum atomic E-state index is -3.86. The molecule has 0 saturated heterocycles. The summed E-state index contributed by atoms with van der Waals surface area (Å²) >= 11 is 0. The highest BCUT2D eigenvalue weighted by atomic mass is 32.2. The molecule has 0 aromatic heterocycles. The highest BCUT2D eigenvalue weighted by Gasteiger charge is 2.43. The summed E-state index contributed by atoms with van der Waals surface area (Å²) < 4.78 is 49.0. The number of rotatable bonds is 7. The van der Waals surface area contributed by atoms with Gasteiger partial charge in [-0.25, -0.2) is 8.42 Å². The number of amides is 1. The second-order valence-corrected chi connectivity index (χ2v) is 13.1. The fraction of sp³-hybridized carbons (Fsp3) is 0.524. The maximum atomic E-state index is 13.7. The number of nitrogens with one attached hydrogen (secondary N) is 2. The molecule has 0 aliphatic carbocycles. The van der Waals surface area contributed by atoms with E-state index < -0.39 is 29.5 Å². The van der Waals surface area contributed by atoms with E-state index in [1.54, 1.807) is 18.7 Å². The fourth-order valence-electron chi connectivity index (χ4n) is 3.63. The monoisotopic (exact) mass is 498 g/mol. The molecule has 1 aromatic rings. The Hall–Kier alpha value is -2.36. The van der Waals surface area contributed by atoms with Crippen LogP contribution in [0.2, 0.25) is 0 Å². The first-order chi connectivity index (χ1) is 15.1. The van der Waals surface area contributed by atoms with Gasteiger partial charge in [0.2, 0.25) is 10.0 Å². The topological polar surface area (TPSA) is 137 Å². The number of carbonyl (C=O) groups excluding carboxylic acids is 1. The van der Waals surface area contributed by atoms with Gasteiger partial charge in [-0.1, -0.05) is 20.8 Å². The fourth-order valence-corrected chi connectivity index (χ4v) is 5.99. The van der Waals surface area contributed by atoms with Crippen molar-refractivity contribution >= 4 is 46.0 Å². The van der Waals surface area contributed by atoms with Crippen molar-refractivity contribution in [2.75, 3.05) is 29.4 Å². The third-order valence-electron chi connectivity index (χ3n) is 5.33. The van der Waals surface area contributed by atoms with E-state index >= 15 is 0 Å². The number of hydrogen-bond donors (Lipinski definition) is 3. The van der Waals surface area contributed by atoms with Crippen LogP contribution in [0.3, 0.4) is 0 Å². The van der Waals surface area contributed by atoms with Crippen molar-refractivity contribution in [1.82, 2.24) is 4.90 Å². The average molecular weight is 499 g/mol. The Labute approximate surface area is 194 Å². The summed E-state index contributed by atoms with van der Waals surface area (Å²) in [5, 5.41) is 13.9. The number of carbonyl (C=O) groups is 1. The zero-order valence-corrected chi connectivity index (χ0v) is 21.4. The normalized spacial score (nSPS) is 23.3. The molecule has 3 rings (SSSR count). The zero-order valence-electron chi connectivity index (χ0n) is 19.7. The molecule has 0 fully saturated rings. The molecule has 0 bridgehead atoms. The van der Waals surface area contributed by atoms with Crippen LogP contribution in [0.4, 0.5) is 11.4 Å². The van der Waals surface area contributed by atoms with Crippen LogP contribution in [0.5, 0.6) is 0 Å². The van der Waals surface area contributed by atoms with Gasteiger partial charge in [-0.3, -0.25) is 14.1 Å². The van der Waals surface area contributed by atoms with Gasteiger partial charge in [-0.05, 0) is 43.9 Å². The number of aliphatic hydroxyl groups excluding tert-OH is 1. The number of hydrogen-bond acceptors (Lipinski definition) is 7. The number of fused-ring (bicyclic) bond motifs is 1. The number of nitrogens with zero attached hydrogens (tertiary/aromatic N) is 2. The standard InChI is InChI=1S/C21H31N4O6PS/c1-7-31-32(28)16-12-14(24-33(6,29)30)8-9-15(16)22-19(23-32)17-18(26)13(2)25(20(17)27)11-10-21(3,4)5/h8-9,12-13,24,26H,7,10-11H2,1-6H3,(H,22,23,28). The highest BCUT2D eigenvalue weighted by Crippen LogP contribution is 2.52. The molecule has 182 valence electrons. The summed E-state index contributed by atoms with van der Waals surface area (Å²) in [7, 11) is -7.41. The van der Waals surface area contributed by atoms with Gasteiger partial charge in [0.15, 0.2) is 5.84 Å². The maximum absolute atomic E-state index is 13.7. The lowest BCUT2D eigenvalue weighted by molar-refractivity contribution is -0.126. The van der Waals surface area contributed by atoms with Gasteiger partial charge in [-0.15, -0.1) is 0 Å². The summed E-state index contributed by atoms with van der Waals surface area (Å²) in [5.74, 6) is -0.588. The van der Waals surface area contributed by atoms with E-state index in [2.05, 4.69) is 35.6 Å². The summed E-state index contributed by atoms with van der Waals surface area (Å²) in [6.07, 6.45) is 1.75. The van der Waals surface area contributed by atoms with Crippen LogP contribution < -0.4 is 15.3 Å². The molecular weight excluding hydrogens is 467 g/mol. The molecule has 33 heavy (non-hydrogen) atoms. The summed E-state index contributed by atoms with van der Waals surface area (Å²) in [4.78, 5) is 14.8. The second kappa shape index (κ2) is 8.77. The van der Waals surface area contributed by atoms with Crippen molar-refractivity contribution in [3.8, 4) is 0 Å². The van der Waals surface area contributed by atoms with Crippen molar-refractivity contribution in [2.45, 2.75) is 47.1 Å². The van der Waals surface area contributed by atoms with Crippen molar-refractivity contribution in [2.24, 2.45) is 10.2 Å². The van der Waals surface area contributed by atoms with E-state index in [0.717, 1.165) is 12.7 Å². The third kappa shape index (κ3) is 5.42. The maximum Gasteiger partial charge on any atom is 0.348 e. The van der Waals surface area contributed by atoms with Crippen LogP contribution in [-0.4, -0.2) is 55.6 Å². The Bertz CT molecular complexity index is 1190. The Morgan fingerprint density at radius 2 is 2.00 bits per heavy atom. The number of aliphatic hydroxyl groups is 1. The quantitative estimate of drug-likeness (QED) is 0.491. The number of anilines is 2. The lowest BCUT2D eigenvalue weighted by Gasteiger charge is -2.27. The molecule has 3 N–H and O–H groups in total. The van der Waals surface area contributed by atoms with Crippen molar-refractivity contribution in [3.63, 3.8) is 0 Å². The molecule has 0 radical (unpaired) electrons. The van der Waals surface area contributed by atoms with Gasteiger partial charge in [0.05, 0.1) is 29.9 Å². The molecule has 2 unspecified atom stereocenters. The zero-order chi connectivity index (χ0) is 24.8. The van der Waals surface area contributed by atoms with Crippen molar-refractivity contribution < 1.29 is 27.4 Å². The van der Waals surface area contributed by atoms with Crippen LogP contribution >= 0.6 is 7.52 Å². The van der Waals surface area contributed by atoms with Crippen molar-refractivity contribution in [3.05, 3.63) is 29.5 Å². The molecule has 2 heterocycles. The van der Waals surface area contributed by atoms with E-state index in [0.29, 0.717) is 12.2 Å². The Kier molecular flexibility index (Phi) is 6.72. The Morgan fingerprint density at radius 1 is 1.33 bits per heavy atom. The first kappa shape index (κ1) is 25.3. The summed E-state index contributed by atoms with van der Waals surface area (Å²) in [6, 6.07) is 3.87. The van der Waals surface area contributed by atoms with Gasteiger partial charge in [0.25, 0.3) is 5.91 Å². The largest absolute Gasteiger partial charge is 0.509 e. The Balaban J connectivity index is 2.01. The van der Waals surface area contributed by atoms with Crippen LogP contribution in [-0.2, 0) is 23.9 Å². The molecule has 12 heteroatoms. The van der Waals surface area contributed by atoms with E-state index in [1.807, 2.05) is 0 Å². The molecular formula is C21H31N4O6PS. The molecule has 0 saturated carbocycles. The Morgan fingerprint density at radius 3 is 2.58 bits per heavy atom. The van der Waals surface area contributed by atoms with Crippen molar-refractivity contribution in [1.29, 1.82) is 0 Å². The lowest BCUT2D eigenvalue weighted by atomic mass is 9.92.